The van der Waals surface area contributed by atoms with Crippen molar-refractivity contribution in [2.75, 3.05) is 18.4 Å². The Morgan fingerprint density at radius 2 is 1.81 bits per heavy atom. The highest BCUT2D eigenvalue weighted by Gasteiger charge is 2.26. The van der Waals surface area contributed by atoms with Gasteiger partial charge in [-0.15, -0.1) is 5.10 Å². The number of rotatable bonds is 4. The van der Waals surface area contributed by atoms with E-state index in [1.165, 1.54) is 0 Å². The summed E-state index contributed by atoms with van der Waals surface area (Å²) in [6.45, 7) is 3.45. The van der Waals surface area contributed by atoms with Crippen LogP contribution in [0.3, 0.4) is 0 Å². The number of anilines is 1. The van der Waals surface area contributed by atoms with Crippen LogP contribution in [0, 0.1) is 6.92 Å². The van der Waals surface area contributed by atoms with Crippen LogP contribution in [0.5, 0.6) is 0 Å². The molecule has 1 aromatic heterocycles. The van der Waals surface area contributed by atoms with E-state index in [0.717, 1.165) is 50.1 Å². The van der Waals surface area contributed by atoms with E-state index >= 15 is 0 Å². The number of nitrogens with zero attached hydrogens (tertiary/aromatic N) is 4. The lowest BCUT2D eigenvalue weighted by Gasteiger charge is -2.16. The zero-order valence-corrected chi connectivity index (χ0v) is 14.7. The predicted octanol–water partition coefficient (Wildman–Crippen LogP) is 2.10. The second-order valence-corrected chi connectivity index (χ2v) is 6.85. The Hall–Kier alpha value is -2.90. The number of nitrogens with one attached hydrogen (secondary N) is 2. The first kappa shape index (κ1) is 16.6. The van der Waals surface area contributed by atoms with Crippen LogP contribution in [0.15, 0.2) is 24.3 Å². The summed E-state index contributed by atoms with van der Waals surface area (Å²) in [5.41, 5.74) is 2.56. The zero-order valence-electron chi connectivity index (χ0n) is 14.7. The molecule has 0 bridgehead atoms. The van der Waals surface area contributed by atoms with E-state index < -0.39 is 0 Å². The van der Waals surface area contributed by atoms with Crippen LogP contribution in [-0.2, 0) is 0 Å². The van der Waals surface area contributed by atoms with Crippen LogP contribution < -0.4 is 10.6 Å². The Kier molecular flexibility index (Phi) is 4.32. The van der Waals surface area contributed by atoms with Crippen LogP contribution in [0.1, 0.15) is 41.9 Å². The van der Waals surface area contributed by atoms with Gasteiger partial charge in [-0.2, -0.15) is 0 Å². The molecule has 1 aromatic carbocycles. The van der Waals surface area contributed by atoms with Crippen LogP contribution in [0.25, 0.3) is 5.69 Å². The summed E-state index contributed by atoms with van der Waals surface area (Å²) in [6, 6.07) is 7.58. The highest BCUT2D eigenvalue weighted by Crippen LogP contribution is 2.20. The molecular formula is C18H22N6O2. The minimum atomic E-state index is -0.175. The molecule has 0 radical (unpaired) electrons. The number of carbonyl (C=O) groups excluding carboxylic acids is 2. The largest absolute Gasteiger partial charge is 0.348 e. The average Bonchev–Trinajstić information content (AvgIpc) is 3.12. The minimum Gasteiger partial charge on any atom is -0.348 e. The summed E-state index contributed by atoms with van der Waals surface area (Å²) in [7, 11) is 0. The fourth-order valence-electron chi connectivity index (χ4n) is 3.07. The second kappa shape index (κ2) is 6.78. The number of hydrogen-bond acceptors (Lipinski definition) is 4. The van der Waals surface area contributed by atoms with Gasteiger partial charge in [0.25, 0.3) is 5.91 Å². The van der Waals surface area contributed by atoms with Crippen molar-refractivity contribution >= 4 is 17.6 Å². The zero-order chi connectivity index (χ0) is 18.1. The van der Waals surface area contributed by atoms with E-state index in [1.54, 1.807) is 4.68 Å². The molecule has 8 heteroatoms. The molecule has 26 heavy (non-hydrogen) atoms. The number of likely N-dealkylation sites (tertiary alicyclic amines) is 1. The van der Waals surface area contributed by atoms with Crippen LogP contribution >= 0.6 is 0 Å². The van der Waals surface area contributed by atoms with E-state index in [0.29, 0.717) is 11.4 Å². The van der Waals surface area contributed by atoms with E-state index in [9.17, 15) is 9.59 Å². The van der Waals surface area contributed by atoms with Crippen molar-refractivity contribution in [3.8, 4) is 5.69 Å². The smallest absolute Gasteiger partial charge is 0.321 e. The van der Waals surface area contributed by atoms with Gasteiger partial charge in [-0.1, -0.05) is 5.21 Å². The monoisotopic (exact) mass is 354 g/mol. The molecule has 0 atom stereocenters. The van der Waals surface area contributed by atoms with Crippen LogP contribution in [0.4, 0.5) is 10.5 Å². The van der Waals surface area contributed by atoms with E-state index in [2.05, 4.69) is 20.9 Å². The number of aromatic nitrogens is 3. The van der Waals surface area contributed by atoms with Gasteiger partial charge in [0, 0.05) is 24.8 Å². The summed E-state index contributed by atoms with van der Waals surface area (Å²) < 4.78 is 1.63. The average molecular weight is 354 g/mol. The maximum Gasteiger partial charge on any atom is 0.321 e. The van der Waals surface area contributed by atoms with E-state index in [4.69, 9.17) is 0 Å². The third-order valence-electron chi connectivity index (χ3n) is 4.78. The van der Waals surface area contributed by atoms with Crippen LogP contribution in [-0.4, -0.2) is 51.0 Å². The van der Waals surface area contributed by atoms with Crippen molar-refractivity contribution in [2.24, 2.45) is 0 Å². The van der Waals surface area contributed by atoms with Gasteiger partial charge in [0.1, 0.15) is 0 Å². The number of carbonyl (C=O) groups is 2. The van der Waals surface area contributed by atoms with Gasteiger partial charge < -0.3 is 15.5 Å². The van der Waals surface area contributed by atoms with E-state index in [-0.39, 0.29) is 18.0 Å². The highest BCUT2D eigenvalue weighted by molar-refractivity contribution is 5.93. The number of hydrogen-bond donors (Lipinski definition) is 2. The molecule has 2 N–H and O–H groups in total. The summed E-state index contributed by atoms with van der Waals surface area (Å²) in [5.74, 6) is -0.175. The molecule has 1 saturated carbocycles. The predicted molar refractivity (Wildman–Crippen MR) is 96.4 cm³/mol. The SMILES string of the molecule is Cc1c(C(=O)NC2CC2)nnn1-c1ccc(NC(=O)N2CCCC2)cc1. The van der Waals surface area contributed by atoms with Crippen molar-refractivity contribution < 1.29 is 9.59 Å². The molecule has 0 unspecified atom stereocenters. The quantitative estimate of drug-likeness (QED) is 0.879. The maximum atomic E-state index is 12.2. The number of benzene rings is 1. The van der Waals surface area contributed by atoms with Crippen molar-refractivity contribution in [3.63, 3.8) is 0 Å². The van der Waals surface area contributed by atoms with Gasteiger partial charge in [-0.3, -0.25) is 4.79 Å². The van der Waals surface area contributed by atoms with Gasteiger partial charge in [0.15, 0.2) is 5.69 Å². The van der Waals surface area contributed by atoms with Gasteiger partial charge in [0.2, 0.25) is 0 Å². The molecule has 2 heterocycles. The molecule has 2 aromatic rings. The molecule has 0 spiro atoms. The fraction of sp³-hybridized carbons (Fsp3) is 0.444. The van der Waals surface area contributed by atoms with Crippen molar-refractivity contribution in [1.29, 1.82) is 0 Å². The summed E-state index contributed by atoms with van der Waals surface area (Å²) >= 11 is 0. The summed E-state index contributed by atoms with van der Waals surface area (Å²) in [6.07, 6.45) is 4.19. The Labute approximate surface area is 151 Å². The fourth-order valence-corrected chi connectivity index (χ4v) is 3.07. The number of amides is 3. The lowest BCUT2D eigenvalue weighted by molar-refractivity contribution is 0.0945. The topological polar surface area (TPSA) is 92.1 Å². The third kappa shape index (κ3) is 3.40. The van der Waals surface area contributed by atoms with Crippen LogP contribution in [0.2, 0.25) is 0 Å². The molecule has 1 aliphatic heterocycles. The molecule has 2 aliphatic rings. The molecular weight excluding hydrogens is 332 g/mol. The summed E-state index contributed by atoms with van der Waals surface area (Å²) in [4.78, 5) is 26.1. The standard InChI is InChI=1S/C18H22N6O2/c1-12-16(17(25)19-13-4-5-13)21-22-24(12)15-8-6-14(7-9-15)20-18(26)23-10-2-3-11-23/h6-9,13H,2-5,10-11H2,1H3,(H,19,25)(H,20,26). The molecule has 136 valence electrons. The molecule has 1 aliphatic carbocycles. The van der Waals surface area contributed by atoms with Gasteiger partial charge in [-0.25, -0.2) is 9.48 Å². The molecule has 4 rings (SSSR count). The normalized spacial score (nSPS) is 16.6. The first-order valence-electron chi connectivity index (χ1n) is 9.01. The maximum absolute atomic E-state index is 12.2. The van der Waals surface area contributed by atoms with Crippen molar-refractivity contribution in [2.45, 2.75) is 38.6 Å². The van der Waals surface area contributed by atoms with E-state index in [1.807, 2.05) is 36.1 Å². The first-order valence-corrected chi connectivity index (χ1v) is 9.01. The Bertz CT molecular complexity index is 819. The Morgan fingerprint density at radius 3 is 2.46 bits per heavy atom. The minimum absolute atomic E-state index is 0.0637. The Morgan fingerprint density at radius 1 is 1.12 bits per heavy atom. The molecule has 3 amide bonds. The Balaban J connectivity index is 1.45. The van der Waals surface area contributed by atoms with Gasteiger partial charge in [0.05, 0.1) is 11.4 Å². The molecule has 8 nitrogen and oxygen atoms in total. The number of urea groups is 1. The molecule has 2 fully saturated rings. The lowest BCUT2D eigenvalue weighted by atomic mass is 10.2. The molecule has 1 saturated heterocycles. The van der Waals surface area contributed by atoms with Crippen molar-refractivity contribution in [1.82, 2.24) is 25.2 Å². The summed E-state index contributed by atoms with van der Waals surface area (Å²) in [5, 5.41) is 14.0. The lowest BCUT2D eigenvalue weighted by Crippen LogP contribution is -2.32. The second-order valence-electron chi connectivity index (χ2n) is 6.85. The third-order valence-corrected chi connectivity index (χ3v) is 4.78. The van der Waals surface area contributed by atoms with Gasteiger partial charge >= 0.3 is 6.03 Å². The van der Waals surface area contributed by atoms with Crippen molar-refractivity contribution in [3.05, 3.63) is 35.7 Å². The highest BCUT2D eigenvalue weighted by atomic mass is 16.2. The first-order chi connectivity index (χ1) is 12.6. The van der Waals surface area contributed by atoms with Gasteiger partial charge in [-0.05, 0) is 56.9 Å².